The highest BCUT2D eigenvalue weighted by molar-refractivity contribution is 5.86. The SMILES string of the molecule is O=C([O-])CC(O)(CC(=O)[O-])C(=O)[O-].[NH4+].[NH4+]. The molecular weight excluding hydrogens is 212 g/mol. The van der Waals surface area contributed by atoms with Crippen LogP contribution >= 0.6 is 0 Å². The summed E-state index contributed by atoms with van der Waals surface area (Å²) in [6.07, 6.45) is -2.72. The molecule has 0 amide bonds. The molecule has 90 valence electrons. The average Bonchev–Trinajstić information content (AvgIpc) is 1.82. The van der Waals surface area contributed by atoms with Crippen LogP contribution in [0.5, 0.6) is 0 Å². The van der Waals surface area contributed by atoms with Crippen LogP contribution in [0.25, 0.3) is 0 Å². The number of hydrogen-bond acceptors (Lipinski definition) is 7. The van der Waals surface area contributed by atoms with Crippen molar-refractivity contribution >= 4 is 17.9 Å². The van der Waals surface area contributed by atoms with Gasteiger partial charge in [0.1, 0.15) is 5.60 Å². The molecule has 0 heterocycles. The summed E-state index contributed by atoms with van der Waals surface area (Å²) in [5.41, 5.74) is -2.97. The third kappa shape index (κ3) is 6.37. The van der Waals surface area contributed by atoms with Crippen LogP contribution < -0.4 is 27.6 Å². The van der Waals surface area contributed by atoms with Gasteiger partial charge in [0, 0.05) is 24.8 Å². The lowest BCUT2D eigenvalue weighted by Gasteiger charge is -2.29. The van der Waals surface area contributed by atoms with Gasteiger partial charge in [-0.2, -0.15) is 0 Å². The first-order valence-corrected chi connectivity index (χ1v) is 3.11. The molecular formula is C6H13N2O7-. The van der Waals surface area contributed by atoms with E-state index in [1.54, 1.807) is 0 Å². The van der Waals surface area contributed by atoms with Crippen LogP contribution in [0.3, 0.4) is 0 Å². The van der Waals surface area contributed by atoms with E-state index in [2.05, 4.69) is 0 Å². The first-order valence-electron chi connectivity index (χ1n) is 3.11. The Kier molecular flexibility index (Phi) is 8.47. The van der Waals surface area contributed by atoms with E-state index in [1.165, 1.54) is 0 Å². The Morgan fingerprint density at radius 2 is 1.20 bits per heavy atom. The van der Waals surface area contributed by atoms with Crippen molar-refractivity contribution in [2.45, 2.75) is 18.4 Å². The molecule has 0 aliphatic heterocycles. The first-order chi connectivity index (χ1) is 5.78. The Balaban J connectivity index is -0.000000720. The van der Waals surface area contributed by atoms with Gasteiger partial charge in [-0.05, 0) is 0 Å². The minimum absolute atomic E-state index is 0. The number of rotatable bonds is 5. The second kappa shape index (κ2) is 6.70. The maximum absolute atomic E-state index is 10.1. The van der Waals surface area contributed by atoms with Gasteiger partial charge in [0.05, 0.1) is 5.97 Å². The van der Waals surface area contributed by atoms with Crippen LogP contribution in [0.4, 0.5) is 0 Å². The third-order valence-electron chi connectivity index (χ3n) is 1.25. The second-order valence-electron chi connectivity index (χ2n) is 2.42. The highest BCUT2D eigenvalue weighted by Gasteiger charge is 2.29. The monoisotopic (exact) mass is 225 g/mol. The number of carboxylic acid groups (broad SMARTS) is 3. The van der Waals surface area contributed by atoms with Crippen molar-refractivity contribution in [3.8, 4) is 0 Å². The summed E-state index contributed by atoms with van der Waals surface area (Å²) in [6, 6.07) is 0. The molecule has 0 bridgehead atoms. The Hall–Kier alpha value is -1.71. The van der Waals surface area contributed by atoms with Gasteiger partial charge in [-0.15, -0.1) is 0 Å². The van der Waals surface area contributed by atoms with Crippen LogP contribution in [0.2, 0.25) is 0 Å². The smallest absolute Gasteiger partial charge is 0.114 e. The number of carboxylic acids is 3. The Morgan fingerprint density at radius 3 is 1.33 bits per heavy atom. The summed E-state index contributed by atoms with van der Waals surface area (Å²) < 4.78 is 0. The Bertz CT molecular complexity index is 236. The molecule has 0 spiro atoms. The fourth-order valence-electron chi connectivity index (χ4n) is 0.684. The van der Waals surface area contributed by atoms with Crippen LogP contribution in [0.15, 0.2) is 0 Å². The highest BCUT2D eigenvalue weighted by Crippen LogP contribution is 2.13. The lowest BCUT2D eigenvalue weighted by molar-refractivity contribution is -0.339. The molecule has 0 unspecified atom stereocenters. The van der Waals surface area contributed by atoms with Crippen LogP contribution in [0.1, 0.15) is 12.8 Å². The van der Waals surface area contributed by atoms with Gasteiger partial charge >= 0.3 is 0 Å². The summed E-state index contributed by atoms with van der Waals surface area (Å²) >= 11 is 0. The van der Waals surface area contributed by atoms with Crippen molar-refractivity contribution in [3.63, 3.8) is 0 Å². The fourth-order valence-corrected chi connectivity index (χ4v) is 0.684. The number of quaternary nitrogens is 2. The van der Waals surface area contributed by atoms with Crippen molar-refractivity contribution < 1.29 is 34.8 Å². The van der Waals surface area contributed by atoms with Gasteiger partial charge in [-0.25, -0.2) is 0 Å². The molecule has 0 atom stereocenters. The largest absolute Gasteiger partial charge is 0.550 e. The number of carbonyl (C=O) groups excluding carboxylic acids is 3. The van der Waals surface area contributed by atoms with Gasteiger partial charge in [-0.3, -0.25) is 0 Å². The van der Waals surface area contributed by atoms with Crippen molar-refractivity contribution in [2.75, 3.05) is 0 Å². The molecule has 0 aromatic carbocycles. The summed E-state index contributed by atoms with van der Waals surface area (Å²) in [5.74, 6) is -5.98. The molecule has 9 heteroatoms. The number of hydrogen-bond donors (Lipinski definition) is 3. The molecule has 9 nitrogen and oxygen atoms in total. The zero-order valence-corrected chi connectivity index (χ0v) is 8.31. The van der Waals surface area contributed by atoms with E-state index in [1.807, 2.05) is 0 Å². The molecule has 0 rings (SSSR count). The molecule has 0 saturated heterocycles. The van der Waals surface area contributed by atoms with E-state index in [4.69, 9.17) is 5.11 Å². The average molecular weight is 225 g/mol. The molecule has 0 aromatic rings. The summed E-state index contributed by atoms with van der Waals surface area (Å²) in [4.78, 5) is 30.0. The maximum Gasteiger partial charge on any atom is 0.114 e. The molecule has 0 radical (unpaired) electrons. The molecule has 0 saturated carbocycles. The van der Waals surface area contributed by atoms with E-state index in [0.717, 1.165) is 0 Å². The van der Waals surface area contributed by atoms with Gasteiger partial charge in [0.15, 0.2) is 0 Å². The molecule has 0 aliphatic carbocycles. The zero-order chi connectivity index (χ0) is 10.6. The summed E-state index contributed by atoms with van der Waals surface area (Å²) in [5, 5.41) is 38.9. The number of aliphatic carboxylic acids is 3. The molecule has 0 fully saturated rings. The fraction of sp³-hybridized carbons (Fsp3) is 0.500. The summed E-state index contributed by atoms with van der Waals surface area (Å²) in [7, 11) is 0. The number of aliphatic hydroxyl groups is 1. The van der Waals surface area contributed by atoms with Crippen molar-refractivity contribution in [1.29, 1.82) is 0 Å². The van der Waals surface area contributed by atoms with Crippen molar-refractivity contribution in [1.82, 2.24) is 12.3 Å². The minimum Gasteiger partial charge on any atom is -0.550 e. The zero-order valence-electron chi connectivity index (χ0n) is 8.31. The second-order valence-corrected chi connectivity index (χ2v) is 2.42. The van der Waals surface area contributed by atoms with E-state index in [9.17, 15) is 29.7 Å². The van der Waals surface area contributed by atoms with Crippen molar-refractivity contribution in [2.24, 2.45) is 0 Å². The lowest BCUT2D eigenvalue weighted by Crippen LogP contribution is -2.54. The van der Waals surface area contributed by atoms with Crippen molar-refractivity contribution in [3.05, 3.63) is 0 Å². The topological polar surface area (TPSA) is 214 Å². The summed E-state index contributed by atoms with van der Waals surface area (Å²) in [6.45, 7) is 0. The quantitative estimate of drug-likeness (QED) is 0.416. The predicted octanol–water partition coefficient (Wildman–Crippen LogP) is -4.50. The normalized spacial score (nSPS) is 9.40. The third-order valence-corrected chi connectivity index (χ3v) is 1.25. The minimum atomic E-state index is -2.97. The van der Waals surface area contributed by atoms with Crippen LogP contribution in [-0.2, 0) is 14.4 Å². The molecule has 15 heavy (non-hydrogen) atoms. The first kappa shape index (κ1) is 19.0. The van der Waals surface area contributed by atoms with E-state index in [-0.39, 0.29) is 12.3 Å². The molecule has 0 aliphatic rings. The van der Waals surface area contributed by atoms with Gasteiger partial charge in [0.25, 0.3) is 0 Å². The van der Waals surface area contributed by atoms with E-state index in [0.29, 0.717) is 0 Å². The van der Waals surface area contributed by atoms with Gasteiger partial charge in [0.2, 0.25) is 0 Å². The maximum atomic E-state index is 10.1. The standard InChI is InChI=1S/C6H8O7.2H3N/c7-3(8)1-6(13,5(11)12)2-4(9)10;;/h13H,1-2H2,(H,7,8)(H,9,10)(H,11,12);2*1H3/p-1. The van der Waals surface area contributed by atoms with Gasteiger partial charge < -0.3 is 47.1 Å². The van der Waals surface area contributed by atoms with Gasteiger partial charge in [-0.1, -0.05) is 0 Å². The molecule has 0 aromatic heterocycles. The van der Waals surface area contributed by atoms with Crippen LogP contribution in [0, 0.1) is 0 Å². The lowest BCUT2D eigenvalue weighted by atomic mass is 9.96. The van der Waals surface area contributed by atoms with E-state index >= 15 is 0 Å². The predicted molar refractivity (Wildman–Crippen MR) is 41.2 cm³/mol. The number of carbonyl (C=O) groups is 3. The Labute approximate surface area is 84.5 Å². The Morgan fingerprint density at radius 1 is 0.933 bits per heavy atom. The van der Waals surface area contributed by atoms with E-state index < -0.39 is 36.4 Å². The van der Waals surface area contributed by atoms with Crippen LogP contribution in [-0.4, -0.2) is 28.6 Å². The highest BCUT2D eigenvalue weighted by atomic mass is 16.4. The molecule has 9 N–H and O–H groups in total.